The minimum Gasteiger partial charge on any atom is -0.497 e. The first-order valence-corrected chi connectivity index (χ1v) is 9.73. The summed E-state index contributed by atoms with van der Waals surface area (Å²) in [6.45, 7) is 4.76. The van der Waals surface area contributed by atoms with Crippen LogP contribution in [0.15, 0.2) is 36.4 Å². The van der Waals surface area contributed by atoms with Gasteiger partial charge in [0, 0.05) is 36.6 Å². The predicted octanol–water partition coefficient (Wildman–Crippen LogP) is 4.01. The smallest absolute Gasteiger partial charge is 0.231 e. The van der Waals surface area contributed by atoms with Gasteiger partial charge < -0.3 is 18.9 Å². The second kappa shape index (κ2) is 6.64. The highest BCUT2D eigenvalue weighted by Crippen LogP contribution is 2.50. The van der Waals surface area contributed by atoms with Crippen molar-refractivity contribution in [2.45, 2.75) is 31.9 Å². The molecule has 5 nitrogen and oxygen atoms in total. The van der Waals surface area contributed by atoms with E-state index in [0.717, 1.165) is 41.7 Å². The Hall–Kier alpha value is -2.40. The molecule has 0 aliphatic carbocycles. The number of nitrogens with zero attached hydrogens (tertiary/aromatic N) is 1. The van der Waals surface area contributed by atoms with E-state index in [0.29, 0.717) is 5.92 Å². The van der Waals surface area contributed by atoms with E-state index in [1.807, 2.05) is 12.1 Å². The number of benzene rings is 2. The van der Waals surface area contributed by atoms with Gasteiger partial charge in [-0.1, -0.05) is 19.1 Å². The Morgan fingerprint density at radius 3 is 2.56 bits per heavy atom. The Balaban J connectivity index is 1.62. The molecular weight excluding hydrogens is 342 g/mol. The van der Waals surface area contributed by atoms with Gasteiger partial charge in [0.25, 0.3) is 0 Å². The summed E-state index contributed by atoms with van der Waals surface area (Å²) < 4.78 is 23.2. The van der Waals surface area contributed by atoms with Crippen molar-refractivity contribution in [1.82, 2.24) is 4.90 Å². The second-order valence-electron chi connectivity index (χ2n) is 7.61. The molecule has 5 rings (SSSR count). The van der Waals surface area contributed by atoms with Crippen molar-refractivity contribution in [2.24, 2.45) is 5.92 Å². The van der Waals surface area contributed by atoms with Gasteiger partial charge in [0.2, 0.25) is 6.79 Å². The van der Waals surface area contributed by atoms with E-state index in [1.54, 1.807) is 7.11 Å². The van der Waals surface area contributed by atoms with Gasteiger partial charge in [-0.3, -0.25) is 4.90 Å². The summed E-state index contributed by atoms with van der Waals surface area (Å²) in [6.07, 6.45) is 2.55. The lowest BCUT2D eigenvalue weighted by atomic mass is 9.78. The molecule has 2 aromatic carbocycles. The normalized spacial score (nSPS) is 26.5. The summed E-state index contributed by atoms with van der Waals surface area (Å²) in [4.78, 5) is 2.48. The molecule has 2 aromatic rings. The van der Waals surface area contributed by atoms with Gasteiger partial charge in [0.1, 0.15) is 11.5 Å². The van der Waals surface area contributed by atoms with Crippen molar-refractivity contribution in [2.75, 3.05) is 27.0 Å². The third-order valence-electron chi connectivity index (χ3n) is 6.02. The molecule has 0 radical (unpaired) electrons. The molecule has 0 aromatic heterocycles. The molecule has 0 N–H and O–H groups in total. The molecule has 3 aliphatic heterocycles. The summed E-state index contributed by atoms with van der Waals surface area (Å²) in [6, 6.07) is 12.5. The zero-order valence-electron chi connectivity index (χ0n) is 15.8. The average molecular weight is 367 g/mol. The number of hydrogen-bond acceptors (Lipinski definition) is 5. The Labute approximate surface area is 159 Å². The van der Waals surface area contributed by atoms with Gasteiger partial charge in [-0.2, -0.15) is 0 Å². The fraction of sp³-hybridized carbons (Fsp3) is 0.455. The molecule has 0 amide bonds. The van der Waals surface area contributed by atoms with E-state index in [9.17, 15) is 0 Å². The minimum absolute atomic E-state index is 0.0663. The van der Waals surface area contributed by atoms with Crippen molar-refractivity contribution < 1.29 is 18.9 Å². The van der Waals surface area contributed by atoms with E-state index in [2.05, 4.69) is 36.1 Å². The number of ether oxygens (including phenoxy) is 4. The Bertz CT molecular complexity index is 846. The minimum atomic E-state index is 0.0663. The monoisotopic (exact) mass is 367 g/mol. The molecule has 0 saturated carbocycles. The zero-order chi connectivity index (χ0) is 18.4. The van der Waals surface area contributed by atoms with Crippen LogP contribution in [-0.4, -0.2) is 38.1 Å². The number of likely N-dealkylation sites (tertiary alicyclic amines) is 1. The third-order valence-corrected chi connectivity index (χ3v) is 6.02. The largest absolute Gasteiger partial charge is 0.497 e. The van der Waals surface area contributed by atoms with Crippen molar-refractivity contribution in [1.29, 1.82) is 0 Å². The van der Waals surface area contributed by atoms with E-state index in [4.69, 9.17) is 18.9 Å². The van der Waals surface area contributed by atoms with Crippen LogP contribution in [0, 0.1) is 5.92 Å². The molecule has 27 heavy (non-hydrogen) atoms. The van der Waals surface area contributed by atoms with Gasteiger partial charge in [-0.15, -0.1) is 0 Å². The third kappa shape index (κ3) is 2.81. The second-order valence-corrected chi connectivity index (χ2v) is 7.61. The van der Waals surface area contributed by atoms with Crippen LogP contribution < -0.4 is 18.9 Å². The first-order chi connectivity index (χ1) is 13.2. The fourth-order valence-corrected chi connectivity index (χ4v) is 4.69. The highest BCUT2D eigenvalue weighted by Gasteiger charge is 2.41. The summed E-state index contributed by atoms with van der Waals surface area (Å²) in [5.41, 5.74) is 2.41. The molecule has 0 unspecified atom stereocenters. The topological polar surface area (TPSA) is 40.2 Å². The molecule has 3 atom stereocenters. The van der Waals surface area contributed by atoms with E-state index >= 15 is 0 Å². The van der Waals surface area contributed by atoms with Crippen LogP contribution in [0.5, 0.6) is 23.0 Å². The molecular formula is C22H25NO4. The first-order valence-electron chi connectivity index (χ1n) is 9.73. The van der Waals surface area contributed by atoms with Crippen LogP contribution >= 0.6 is 0 Å². The number of hydrogen-bond donors (Lipinski definition) is 0. The molecule has 1 saturated heterocycles. The van der Waals surface area contributed by atoms with Crippen LogP contribution in [0.2, 0.25) is 0 Å². The summed E-state index contributed by atoms with van der Waals surface area (Å²) in [5.74, 6) is 3.88. The average Bonchev–Trinajstić information content (AvgIpc) is 3.37. The fourth-order valence-electron chi connectivity index (χ4n) is 4.69. The molecule has 142 valence electrons. The molecule has 1 fully saturated rings. The van der Waals surface area contributed by atoms with Gasteiger partial charge in [0.05, 0.1) is 7.11 Å². The highest BCUT2D eigenvalue weighted by atomic mass is 16.7. The van der Waals surface area contributed by atoms with E-state index < -0.39 is 0 Å². The summed E-state index contributed by atoms with van der Waals surface area (Å²) >= 11 is 0. The van der Waals surface area contributed by atoms with Crippen molar-refractivity contribution in [3.8, 4) is 23.0 Å². The lowest BCUT2D eigenvalue weighted by molar-refractivity contribution is -0.0178. The van der Waals surface area contributed by atoms with E-state index in [1.165, 1.54) is 18.4 Å². The number of methoxy groups -OCH3 is 1. The van der Waals surface area contributed by atoms with Crippen LogP contribution in [0.1, 0.15) is 36.8 Å². The molecule has 3 heterocycles. The number of rotatable bonds is 3. The predicted molar refractivity (Wildman–Crippen MR) is 102 cm³/mol. The van der Waals surface area contributed by atoms with Gasteiger partial charge in [0.15, 0.2) is 17.7 Å². The Kier molecular flexibility index (Phi) is 4.12. The molecule has 0 spiro atoms. The summed E-state index contributed by atoms with van der Waals surface area (Å²) in [5, 5.41) is 0. The summed E-state index contributed by atoms with van der Waals surface area (Å²) in [7, 11) is 1.71. The Morgan fingerprint density at radius 2 is 1.78 bits per heavy atom. The zero-order valence-corrected chi connectivity index (χ0v) is 15.8. The number of fused-ring (bicyclic) bond motifs is 2. The van der Waals surface area contributed by atoms with Crippen molar-refractivity contribution >= 4 is 0 Å². The molecule has 3 aliphatic rings. The van der Waals surface area contributed by atoms with Crippen LogP contribution in [0.3, 0.4) is 0 Å². The van der Waals surface area contributed by atoms with Crippen LogP contribution in [0.25, 0.3) is 0 Å². The maximum absolute atomic E-state index is 6.52. The van der Waals surface area contributed by atoms with Crippen molar-refractivity contribution in [3.63, 3.8) is 0 Å². The lowest BCUT2D eigenvalue weighted by Gasteiger charge is -2.42. The standard InChI is InChI=1S/C22H25NO4/c1-14-21(15-6-5-7-16(10-15)24-2)17-11-19-20(26-13-25-19)12-18(17)27-22(14)23-8-3-4-9-23/h5-7,10-12,14,21-22H,3-4,8-9,13H2,1-2H3/t14-,21-,22-/m0/s1. The van der Waals surface area contributed by atoms with Crippen LogP contribution in [0.4, 0.5) is 0 Å². The van der Waals surface area contributed by atoms with Gasteiger partial charge in [-0.05, 0) is 36.6 Å². The quantitative estimate of drug-likeness (QED) is 0.820. The first kappa shape index (κ1) is 16.8. The van der Waals surface area contributed by atoms with Gasteiger partial charge >= 0.3 is 0 Å². The highest BCUT2D eigenvalue weighted by molar-refractivity contribution is 5.56. The maximum atomic E-state index is 6.52. The van der Waals surface area contributed by atoms with Crippen molar-refractivity contribution in [3.05, 3.63) is 47.5 Å². The van der Waals surface area contributed by atoms with E-state index in [-0.39, 0.29) is 18.9 Å². The SMILES string of the molecule is COc1cccc([C@H]2c3cc4c(cc3O[C@H](N3CCCC3)[C@H]2C)OCO4)c1. The molecule has 5 heteroatoms. The van der Waals surface area contributed by atoms with Crippen LogP contribution in [-0.2, 0) is 0 Å². The molecule has 0 bridgehead atoms. The lowest BCUT2D eigenvalue weighted by Crippen LogP contribution is -2.46. The maximum Gasteiger partial charge on any atom is 0.231 e. The van der Waals surface area contributed by atoms with Gasteiger partial charge in [-0.25, -0.2) is 0 Å². The Morgan fingerprint density at radius 1 is 1.00 bits per heavy atom.